The van der Waals surface area contributed by atoms with Crippen molar-refractivity contribution < 1.29 is 0 Å². The summed E-state index contributed by atoms with van der Waals surface area (Å²) in [6, 6.07) is 0. The summed E-state index contributed by atoms with van der Waals surface area (Å²) in [5.74, 6) is 4.25. The number of rotatable bonds is 14. The van der Waals surface area contributed by atoms with Crippen molar-refractivity contribution in [2.45, 2.75) is 99.3 Å². The topological polar surface area (TPSA) is 26.0 Å². The molecule has 0 heterocycles. The van der Waals surface area contributed by atoms with Gasteiger partial charge in [0.05, 0.1) is 0 Å². The number of hydrogen-bond acceptors (Lipinski definition) is 1. The molecule has 3 unspecified atom stereocenters. The van der Waals surface area contributed by atoms with Gasteiger partial charge in [0.2, 0.25) is 0 Å². The minimum absolute atomic E-state index is 0.748. The third-order valence-electron chi connectivity index (χ3n) is 5.64. The molecule has 0 saturated heterocycles. The molecule has 2 N–H and O–H groups in total. The Balaban J connectivity index is 3.77. The normalized spacial score (nSPS) is 17.5. The van der Waals surface area contributed by atoms with Gasteiger partial charge in [0, 0.05) is 0 Å². The quantitative estimate of drug-likeness (QED) is 0.357. The SMILES string of the molecule is CCC(CC(C)C)CC(C)CCCCCC(CN)[C@H](C)CC. The van der Waals surface area contributed by atoms with Gasteiger partial charge in [0.1, 0.15) is 0 Å². The Bertz CT molecular complexity index is 236. The van der Waals surface area contributed by atoms with Crippen molar-refractivity contribution in [2.24, 2.45) is 35.3 Å². The average Bonchev–Trinajstić information content (AvgIpc) is 2.48. The maximum Gasteiger partial charge on any atom is -0.00463 e. The van der Waals surface area contributed by atoms with E-state index in [2.05, 4.69) is 41.5 Å². The molecule has 0 aromatic carbocycles. The molecule has 0 bridgehead atoms. The van der Waals surface area contributed by atoms with Gasteiger partial charge in [-0.1, -0.05) is 80.1 Å². The molecule has 0 aromatic heterocycles. The lowest BCUT2D eigenvalue weighted by molar-refractivity contribution is 0.302. The summed E-state index contributed by atoms with van der Waals surface area (Å²) < 4.78 is 0. The van der Waals surface area contributed by atoms with E-state index in [0.29, 0.717) is 0 Å². The van der Waals surface area contributed by atoms with Crippen molar-refractivity contribution in [3.63, 3.8) is 0 Å². The summed E-state index contributed by atoms with van der Waals surface area (Å²) in [5, 5.41) is 0. The molecule has 1 heteroatoms. The molecule has 0 aromatic rings. The molecular weight excluding hydrogens is 266 g/mol. The second-order valence-corrected chi connectivity index (χ2v) is 8.26. The third kappa shape index (κ3) is 10.6. The van der Waals surface area contributed by atoms with Gasteiger partial charge in [-0.25, -0.2) is 0 Å². The van der Waals surface area contributed by atoms with Gasteiger partial charge >= 0.3 is 0 Å². The number of hydrogen-bond donors (Lipinski definition) is 1. The van der Waals surface area contributed by atoms with Crippen LogP contribution in [0.2, 0.25) is 0 Å². The standard InChI is InChI=1S/C21H45N/c1-7-19(6)21(16-22)13-11-9-10-12-18(5)15-20(8-2)14-17(3)4/h17-21H,7-16,22H2,1-6H3/t18?,19-,20?,21?/m1/s1. The van der Waals surface area contributed by atoms with E-state index in [1.807, 2.05) is 0 Å². The van der Waals surface area contributed by atoms with Crippen molar-refractivity contribution in [1.82, 2.24) is 0 Å². The number of unbranched alkanes of at least 4 members (excludes halogenated alkanes) is 2. The highest BCUT2D eigenvalue weighted by Crippen LogP contribution is 2.26. The molecule has 0 saturated carbocycles. The molecule has 0 amide bonds. The average molecular weight is 312 g/mol. The lowest BCUT2D eigenvalue weighted by Gasteiger charge is -2.22. The first-order valence-electron chi connectivity index (χ1n) is 10.1. The van der Waals surface area contributed by atoms with Crippen molar-refractivity contribution in [1.29, 1.82) is 0 Å². The fourth-order valence-corrected chi connectivity index (χ4v) is 3.83. The smallest absolute Gasteiger partial charge is 0.00463 e. The van der Waals surface area contributed by atoms with Gasteiger partial charge in [0.15, 0.2) is 0 Å². The first kappa shape index (κ1) is 22.0. The van der Waals surface area contributed by atoms with Gasteiger partial charge in [-0.2, -0.15) is 0 Å². The van der Waals surface area contributed by atoms with Crippen LogP contribution in [0.4, 0.5) is 0 Å². The van der Waals surface area contributed by atoms with Crippen LogP contribution in [0.1, 0.15) is 99.3 Å². The number of nitrogens with two attached hydrogens (primary N) is 1. The molecular formula is C21H45N. The highest BCUT2D eigenvalue weighted by molar-refractivity contribution is 4.67. The van der Waals surface area contributed by atoms with E-state index >= 15 is 0 Å². The maximum atomic E-state index is 5.92. The molecule has 0 aliphatic rings. The highest BCUT2D eigenvalue weighted by atomic mass is 14.6. The Hall–Kier alpha value is -0.0400. The van der Waals surface area contributed by atoms with Crippen molar-refractivity contribution in [2.75, 3.05) is 6.54 Å². The van der Waals surface area contributed by atoms with E-state index in [1.165, 1.54) is 57.8 Å². The molecule has 0 aliphatic heterocycles. The first-order chi connectivity index (χ1) is 10.4. The van der Waals surface area contributed by atoms with Crippen LogP contribution in [0.3, 0.4) is 0 Å². The summed E-state index contributed by atoms with van der Waals surface area (Å²) in [5.41, 5.74) is 5.92. The van der Waals surface area contributed by atoms with Crippen LogP contribution in [0, 0.1) is 29.6 Å². The molecule has 0 fully saturated rings. The van der Waals surface area contributed by atoms with Crippen LogP contribution in [-0.2, 0) is 0 Å². The van der Waals surface area contributed by atoms with Gasteiger partial charge < -0.3 is 5.73 Å². The van der Waals surface area contributed by atoms with Crippen LogP contribution in [0.15, 0.2) is 0 Å². The fourth-order valence-electron chi connectivity index (χ4n) is 3.83. The van der Waals surface area contributed by atoms with Gasteiger partial charge in [0.25, 0.3) is 0 Å². The minimum atomic E-state index is 0.748. The van der Waals surface area contributed by atoms with Crippen LogP contribution in [0.25, 0.3) is 0 Å². The summed E-state index contributed by atoms with van der Waals surface area (Å²) >= 11 is 0. The first-order valence-corrected chi connectivity index (χ1v) is 10.1. The van der Waals surface area contributed by atoms with E-state index in [4.69, 9.17) is 5.73 Å². The lowest BCUT2D eigenvalue weighted by atomic mass is 9.84. The largest absolute Gasteiger partial charge is 0.330 e. The van der Waals surface area contributed by atoms with E-state index in [9.17, 15) is 0 Å². The van der Waals surface area contributed by atoms with Crippen LogP contribution in [0.5, 0.6) is 0 Å². The van der Waals surface area contributed by atoms with E-state index in [1.54, 1.807) is 0 Å². The molecule has 4 atom stereocenters. The molecule has 1 nitrogen and oxygen atoms in total. The fraction of sp³-hybridized carbons (Fsp3) is 1.00. The molecule has 134 valence electrons. The monoisotopic (exact) mass is 311 g/mol. The second kappa shape index (κ2) is 13.4. The summed E-state index contributed by atoms with van der Waals surface area (Å²) in [6.07, 6.45) is 12.4. The van der Waals surface area contributed by atoms with E-state index in [0.717, 1.165) is 36.1 Å². The van der Waals surface area contributed by atoms with E-state index in [-0.39, 0.29) is 0 Å². The van der Waals surface area contributed by atoms with Crippen molar-refractivity contribution in [3.05, 3.63) is 0 Å². The highest BCUT2D eigenvalue weighted by Gasteiger charge is 2.15. The zero-order chi connectivity index (χ0) is 17.0. The minimum Gasteiger partial charge on any atom is -0.330 e. The third-order valence-corrected chi connectivity index (χ3v) is 5.64. The second-order valence-electron chi connectivity index (χ2n) is 8.26. The predicted molar refractivity (Wildman–Crippen MR) is 102 cm³/mol. The maximum absolute atomic E-state index is 5.92. The van der Waals surface area contributed by atoms with E-state index < -0.39 is 0 Å². The van der Waals surface area contributed by atoms with Gasteiger partial charge in [-0.3, -0.25) is 0 Å². The molecule has 0 aliphatic carbocycles. The van der Waals surface area contributed by atoms with Gasteiger partial charge in [-0.15, -0.1) is 0 Å². The zero-order valence-corrected chi connectivity index (χ0v) is 16.5. The van der Waals surface area contributed by atoms with Crippen LogP contribution < -0.4 is 5.73 Å². The molecule has 0 rings (SSSR count). The Morgan fingerprint density at radius 3 is 1.91 bits per heavy atom. The van der Waals surface area contributed by atoms with Crippen LogP contribution in [-0.4, -0.2) is 6.54 Å². The zero-order valence-electron chi connectivity index (χ0n) is 16.5. The lowest BCUT2D eigenvalue weighted by Crippen LogP contribution is -2.21. The molecule has 0 spiro atoms. The Labute approximate surface area is 141 Å². The Kier molecular flexibility index (Phi) is 13.4. The summed E-state index contributed by atoms with van der Waals surface area (Å²) in [7, 11) is 0. The Morgan fingerprint density at radius 2 is 1.41 bits per heavy atom. The van der Waals surface area contributed by atoms with Crippen LogP contribution >= 0.6 is 0 Å². The van der Waals surface area contributed by atoms with Crippen molar-refractivity contribution in [3.8, 4) is 0 Å². The molecule has 0 radical (unpaired) electrons. The van der Waals surface area contributed by atoms with Gasteiger partial charge in [-0.05, 0) is 55.4 Å². The summed E-state index contributed by atoms with van der Waals surface area (Å²) in [4.78, 5) is 0. The Morgan fingerprint density at radius 1 is 0.773 bits per heavy atom. The predicted octanol–water partition coefficient (Wildman–Crippen LogP) is 6.66. The van der Waals surface area contributed by atoms with Crippen molar-refractivity contribution >= 4 is 0 Å². The molecule has 22 heavy (non-hydrogen) atoms. The summed E-state index contributed by atoms with van der Waals surface area (Å²) in [6.45, 7) is 15.1.